The molecule has 2 heterocycles. The van der Waals surface area contributed by atoms with Crippen LogP contribution in [0.1, 0.15) is 17.2 Å². The predicted octanol–water partition coefficient (Wildman–Crippen LogP) is 13.1. The molecule has 0 N–H and O–H groups in total. The van der Waals surface area contributed by atoms with Crippen molar-refractivity contribution in [1.82, 2.24) is 15.0 Å². The summed E-state index contributed by atoms with van der Waals surface area (Å²) in [5.41, 5.74) is 9.51. The third kappa shape index (κ3) is 5.25. The monoisotopic (exact) mass is 703 g/mol. The van der Waals surface area contributed by atoms with Crippen molar-refractivity contribution in [3.8, 4) is 56.4 Å². The fourth-order valence-electron chi connectivity index (χ4n) is 8.46. The van der Waals surface area contributed by atoms with Crippen molar-refractivity contribution in [3.63, 3.8) is 0 Å². The summed E-state index contributed by atoms with van der Waals surface area (Å²) in [6.07, 6.45) is 13.4. The summed E-state index contributed by atoms with van der Waals surface area (Å²) in [7, 11) is 0. The van der Waals surface area contributed by atoms with Gasteiger partial charge in [-0.25, -0.2) is 15.0 Å². The second kappa shape index (κ2) is 12.8. The number of allylic oxidation sites excluding steroid dienone is 5. The third-order valence-electron chi connectivity index (χ3n) is 11.1. The average Bonchev–Trinajstić information content (AvgIpc) is 3.67. The van der Waals surface area contributed by atoms with Crippen LogP contribution >= 0.6 is 0 Å². The van der Waals surface area contributed by atoms with Gasteiger partial charge in [-0.3, -0.25) is 0 Å². The molecule has 2 aromatic heterocycles. The first-order chi connectivity index (χ1) is 27.3. The number of hydrogen-bond donors (Lipinski definition) is 0. The Labute approximate surface area is 318 Å². The summed E-state index contributed by atoms with van der Waals surface area (Å²) in [4.78, 5) is 15.3. The van der Waals surface area contributed by atoms with Crippen LogP contribution in [-0.4, -0.2) is 15.0 Å². The van der Waals surface area contributed by atoms with Crippen LogP contribution < -0.4 is 0 Å². The Morgan fingerprint density at radius 2 is 1.05 bits per heavy atom. The first-order valence-electron chi connectivity index (χ1n) is 18.8. The number of nitrogens with zero attached hydrogens (tertiary/aromatic N) is 3. The molecular formula is C51H33N3O. The fourth-order valence-corrected chi connectivity index (χ4v) is 8.46. The van der Waals surface area contributed by atoms with Crippen molar-refractivity contribution < 1.29 is 4.42 Å². The summed E-state index contributed by atoms with van der Waals surface area (Å²) in [5, 5.41) is 5.66. The van der Waals surface area contributed by atoms with Crippen molar-refractivity contribution in [3.05, 3.63) is 193 Å². The number of furan rings is 1. The van der Waals surface area contributed by atoms with E-state index in [9.17, 15) is 0 Å². The maximum atomic E-state index is 6.93. The van der Waals surface area contributed by atoms with Crippen LogP contribution in [0.15, 0.2) is 186 Å². The van der Waals surface area contributed by atoms with E-state index < -0.39 is 0 Å². The van der Waals surface area contributed by atoms with Crippen LogP contribution in [0.4, 0.5) is 0 Å². The topological polar surface area (TPSA) is 51.8 Å². The molecule has 0 saturated heterocycles. The second-order valence-corrected chi connectivity index (χ2v) is 14.3. The van der Waals surface area contributed by atoms with Gasteiger partial charge in [0.1, 0.15) is 11.3 Å². The zero-order valence-corrected chi connectivity index (χ0v) is 29.8. The van der Waals surface area contributed by atoms with Crippen molar-refractivity contribution in [2.24, 2.45) is 5.92 Å². The van der Waals surface area contributed by atoms with Gasteiger partial charge in [0.15, 0.2) is 17.5 Å². The van der Waals surface area contributed by atoms with Gasteiger partial charge in [0, 0.05) is 45.0 Å². The highest BCUT2D eigenvalue weighted by molar-refractivity contribution is 6.12. The smallest absolute Gasteiger partial charge is 0.164 e. The van der Waals surface area contributed by atoms with Crippen LogP contribution in [-0.2, 0) is 0 Å². The lowest BCUT2D eigenvalue weighted by atomic mass is 9.77. The quantitative estimate of drug-likeness (QED) is 0.179. The normalized spacial score (nSPS) is 15.8. The fraction of sp³-hybridized carbons (Fsp3) is 0.0392. The van der Waals surface area contributed by atoms with Crippen molar-refractivity contribution in [1.29, 1.82) is 0 Å². The molecular weight excluding hydrogens is 671 g/mol. The van der Waals surface area contributed by atoms with Crippen LogP contribution in [0.3, 0.4) is 0 Å². The van der Waals surface area contributed by atoms with Gasteiger partial charge in [-0.1, -0.05) is 164 Å². The van der Waals surface area contributed by atoms with Gasteiger partial charge in [-0.2, -0.15) is 0 Å². The SMILES string of the molecule is C1=CC2C=Cc3oc4c(-c5ccc(-c6nc(-c7ccccc7)nc(-c7ccc8ccccc8c7)n6)c6ccccc56)ccc(-c5ccccc5)c4c3C2C=C1. The van der Waals surface area contributed by atoms with Gasteiger partial charge in [0.2, 0.25) is 0 Å². The Balaban J connectivity index is 1.12. The van der Waals surface area contributed by atoms with Gasteiger partial charge in [-0.05, 0) is 62.5 Å². The number of rotatable bonds is 5. The highest BCUT2D eigenvalue weighted by Crippen LogP contribution is 2.49. The standard InChI is InChI=1S/C51H33N3O/c1-3-14-33(15-4-1)39-26-28-43(48-47(39)46-38-20-10-9-16-34(38)25-30-45(46)55-48)42-27-29-44(41-22-12-11-21-40(41)42)51-53-49(35-17-5-2-6-18-35)52-50(54-51)37-24-23-32-13-7-8-19-36(32)31-37/h1-31,34,38H. The molecule has 0 spiro atoms. The van der Waals surface area contributed by atoms with E-state index in [1.54, 1.807) is 0 Å². The Morgan fingerprint density at radius 3 is 1.87 bits per heavy atom. The third-order valence-corrected chi connectivity index (χ3v) is 11.1. The Bertz CT molecular complexity index is 3050. The van der Waals surface area contributed by atoms with E-state index in [1.807, 2.05) is 18.2 Å². The number of hydrogen-bond acceptors (Lipinski definition) is 4. The molecule has 4 heteroatoms. The Hall–Kier alpha value is -7.17. The van der Waals surface area contributed by atoms with Gasteiger partial charge in [0.25, 0.3) is 0 Å². The van der Waals surface area contributed by atoms with Crippen LogP contribution in [0.2, 0.25) is 0 Å². The molecule has 7 aromatic carbocycles. The van der Waals surface area contributed by atoms with E-state index >= 15 is 0 Å². The summed E-state index contributed by atoms with van der Waals surface area (Å²) in [6.45, 7) is 0. The average molecular weight is 704 g/mol. The van der Waals surface area contributed by atoms with E-state index in [2.05, 4.69) is 170 Å². The number of fused-ring (bicyclic) bond motifs is 7. The molecule has 0 saturated carbocycles. The van der Waals surface area contributed by atoms with Gasteiger partial charge in [0.05, 0.1) is 0 Å². The number of benzene rings is 7. The van der Waals surface area contributed by atoms with Gasteiger partial charge >= 0.3 is 0 Å². The highest BCUT2D eigenvalue weighted by Gasteiger charge is 2.31. The molecule has 2 atom stereocenters. The minimum absolute atomic E-state index is 0.211. The molecule has 4 nitrogen and oxygen atoms in total. The van der Waals surface area contributed by atoms with Gasteiger partial charge < -0.3 is 4.42 Å². The van der Waals surface area contributed by atoms with Crippen molar-refractivity contribution >= 4 is 38.6 Å². The van der Waals surface area contributed by atoms with E-state index in [-0.39, 0.29) is 5.92 Å². The molecule has 0 radical (unpaired) electrons. The van der Waals surface area contributed by atoms with E-state index in [0.29, 0.717) is 23.4 Å². The van der Waals surface area contributed by atoms with Crippen LogP contribution in [0.5, 0.6) is 0 Å². The first-order valence-corrected chi connectivity index (χ1v) is 18.8. The summed E-state index contributed by atoms with van der Waals surface area (Å²) >= 11 is 0. The molecule has 2 unspecified atom stereocenters. The number of aromatic nitrogens is 3. The van der Waals surface area contributed by atoms with E-state index in [0.717, 1.165) is 55.3 Å². The molecule has 0 bridgehead atoms. The molecule has 11 rings (SSSR count). The Morgan fingerprint density at radius 1 is 0.436 bits per heavy atom. The molecule has 0 aliphatic heterocycles. The lowest BCUT2D eigenvalue weighted by Gasteiger charge is -2.25. The summed E-state index contributed by atoms with van der Waals surface area (Å²) in [6, 6.07) is 53.0. The second-order valence-electron chi connectivity index (χ2n) is 14.3. The highest BCUT2D eigenvalue weighted by atomic mass is 16.3. The maximum absolute atomic E-state index is 6.93. The van der Waals surface area contributed by atoms with E-state index in [1.165, 1.54) is 27.5 Å². The molecule has 258 valence electrons. The zero-order chi connectivity index (χ0) is 36.3. The maximum Gasteiger partial charge on any atom is 0.164 e. The zero-order valence-electron chi connectivity index (χ0n) is 29.8. The lowest BCUT2D eigenvalue weighted by Crippen LogP contribution is -2.12. The molecule has 0 fully saturated rings. The van der Waals surface area contributed by atoms with E-state index in [4.69, 9.17) is 19.4 Å². The molecule has 55 heavy (non-hydrogen) atoms. The molecule has 0 amide bonds. The van der Waals surface area contributed by atoms with Crippen LogP contribution in [0, 0.1) is 5.92 Å². The molecule has 2 aliphatic carbocycles. The summed E-state index contributed by atoms with van der Waals surface area (Å²) < 4.78 is 6.93. The van der Waals surface area contributed by atoms with Gasteiger partial charge in [-0.15, -0.1) is 0 Å². The Kier molecular flexibility index (Phi) is 7.27. The molecule has 9 aromatic rings. The lowest BCUT2D eigenvalue weighted by molar-refractivity contribution is 0.579. The van der Waals surface area contributed by atoms with Crippen molar-refractivity contribution in [2.45, 2.75) is 5.92 Å². The first kappa shape index (κ1) is 31.4. The minimum Gasteiger partial charge on any atom is -0.456 e. The molecule has 2 aliphatic rings. The van der Waals surface area contributed by atoms with Crippen molar-refractivity contribution in [2.75, 3.05) is 0 Å². The minimum atomic E-state index is 0.211. The van der Waals surface area contributed by atoms with Crippen LogP contribution in [0.25, 0.3) is 95.0 Å². The predicted molar refractivity (Wildman–Crippen MR) is 225 cm³/mol. The summed E-state index contributed by atoms with van der Waals surface area (Å²) in [5.74, 6) is 3.35. The largest absolute Gasteiger partial charge is 0.456 e.